The van der Waals surface area contributed by atoms with Gasteiger partial charge in [-0.25, -0.2) is 0 Å². The predicted octanol–water partition coefficient (Wildman–Crippen LogP) is 0.766. The Morgan fingerprint density at radius 1 is 1.19 bits per heavy atom. The molecule has 0 aromatic rings. The first-order chi connectivity index (χ1) is 10.1. The zero-order chi connectivity index (χ0) is 14.9. The normalized spacial score (nSPS) is 29.7. The molecular formula is C15H25N3O2S. The second-order valence-corrected chi connectivity index (χ2v) is 6.94. The van der Waals surface area contributed by atoms with Gasteiger partial charge in [-0.15, -0.1) is 0 Å². The van der Waals surface area contributed by atoms with Crippen LogP contribution >= 0.6 is 12.2 Å². The fraction of sp³-hybridized carbons (Fsp3) is 0.867. The van der Waals surface area contributed by atoms with E-state index in [0.717, 1.165) is 26.1 Å². The number of nitrogens with two attached hydrogens (primary N) is 1. The summed E-state index contributed by atoms with van der Waals surface area (Å²) < 4.78 is 5.41. The van der Waals surface area contributed by atoms with E-state index in [1.165, 1.54) is 19.4 Å². The average molecular weight is 311 g/mol. The van der Waals surface area contributed by atoms with Crippen LogP contribution in [0.3, 0.4) is 0 Å². The van der Waals surface area contributed by atoms with Crippen molar-refractivity contribution in [1.82, 2.24) is 9.80 Å². The molecule has 0 saturated carbocycles. The van der Waals surface area contributed by atoms with Crippen LogP contribution < -0.4 is 5.73 Å². The number of fused-ring (bicyclic) bond motifs is 1. The monoisotopic (exact) mass is 311 g/mol. The van der Waals surface area contributed by atoms with Crippen molar-refractivity contribution in [2.24, 2.45) is 11.1 Å². The summed E-state index contributed by atoms with van der Waals surface area (Å²) in [6.45, 7) is 5.11. The molecule has 0 radical (unpaired) electrons. The maximum Gasteiger partial charge on any atom is 0.235 e. The van der Waals surface area contributed by atoms with Crippen LogP contribution in [0.15, 0.2) is 0 Å². The zero-order valence-corrected chi connectivity index (χ0v) is 13.4. The lowest BCUT2D eigenvalue weighted by molar-refractivity contribution is -0.142. The van der Waals surface area contributed by atoms with Crippen molar-refractivity contribution in [2.75, 3.05) is 39.4 Å². The Bertz CT molecular complexity index is 423. The molecule has 5 nitrogen and oxygen atoms in total. The van der Waals surface area contributed by atoms with Gasteiger partial charge in [-0.3, -0.25) is 9.69 Å². The predicted molar refractivity (Wildman–Crippen MR) is 85.1 cm³/mol. The number of hydrogen-bond donors (Lipinski definition) is 1. The van der Waals surface area contributed by atoms with Crippen LogP contribution in [0.5, 0.6) is 0 Å². The highest BCUT2D eigenvalue weighted by Gasteiger charge is 2.46. The maximum absolute atomic E-state index is 13.1. The minimum Gasteiger partial charge on any atom is -0.392 e. The second kappa shape index (κ2) is 6.18. The Balaban J connectivity index is 1.77. The summed E-state index contributed by atoms with van der Waals surface area (Å²) in [6, 6.07) is 0.527. The third-order valence-electron chi connectivity index (χ3n) is 5.32. The van der Waals surface area contributed by atoms with E-state index in [9.17, 15) is 4.79 Å². The number of hydrogen-bond acceptors (Lipinski definition) is 4. The number of carbonyl (C=O) groups is 1. The van der Waals surface area contributed by atoms with Crippen molar-refractivity contribution in [3.05, 3.63) is 0 Å². The quantitative estimate of drug-likeness (QED) is 0.763. The van der Waals surface area contributed by atoms with Crippen LogP contribution in [-0.2, 0) is 9.53 Å². The molecule has 3 aliphatic rings. The second-order valence-electron chi connectivity index (χ2n) is 6.50. The number of thiocarbonyl (C=S) groups is 1. The van der Waals surface area contributed by atoms with Gasteiger partial charge in [-0.05, 0) is 38.6 Å². The van der Waals surface area contributed by atoms with Gasteiger partial charge in [0.05, 0.1) is 4.99 Å². The highest BCUT2D eigenvalue weighted by atomic mass is 32.1. The van der Waals surface area contributed by atoms with Gasteiger partial charge in [0.2, 0.25) is 5.91 Å². The van der Waals surface area contributed by atoms with E-state index in [-0.39, 0.29) is 5.91 Å². The molecule has 21 heavy (non-hydrogen) atoms. The number of carbonyl (C=O) groups excluding carboxylic acids is 1. The molecule has 0 aliphatic carbocycles. The lowest BCUT2D eigenvalue weighted by atomic mass is 9.78. The molecule has 1 unspecified atom stereocenters. The molecule has 0 aromatic carbocycles. The van der Waals surface area contributed by atoms with Gasteiger partial charge in [0, 0.05) is 38.9 Å². The number of nitrogens with zero attached hydrogens (tertiary/aromatic N) is 2. The van der Waals surface area contributed by atoms with E-state index in [1.807, 2.05) is 4.90 Å². The number of amides is 1. The zero-order valence-electron chi connectivity index (χ0n) is 12.6. The van der Waals surface area contributed by atoms with Gasteiger partial charge in [0.15, 0.2) is 0 Å². The number of rotatable bonds is 2. The fourth-order valence-electron chi connectivity index (χ4n) is 3.98. The maximum atomic E-state index is 13.1. The molecule has 0 spiro atoms. The Kier molecular flexibility index (Phi) is 4.47. The van der Waals surface area contributed by atoms with E-state index >= 15 is 0 Å². The molecule has 3 aliphatic heterocycles. The highest BCUT2D eigenvalue weighted by Crippen LogP contribution is 2.34. The van der Waals surface area contributed by atoms with E-state index in [1.54, 1.807) is 0 Å². The van der Waals surface area contributed by atoms with E-state index in [0.29, 0.717) is 37.1 Å². The van der Waals surface area contributed by atoms with Crippen LogP contribution in [0.4, 0.5) is 0 Å². The standard InChI is InChI=1S/C15H25N3O2S/c16-13(21)15(4-9-20-10-5-15)14(19)18-8-2-7-17-6-1-3-12(17)11-18/h12H,1-11H2,(H2,16,21). The third-order valence-corrected chi connectivity index (χ3v) is 5.71. The summed E-state index contributed by atoms with van der Waals surface area (Å²) in [5.74, 6) is 0.145. The lowest BCUT2D eigenvalue weighted by Gasteiger charge is -2.39. The summed E-state index contributed by atoms with van der Waals surface area (Å²) in [5.41, 5.74) is 5.31. The summed E-state index contributed by atoms with van der Waals surface area (Å²) in [6.07, 6.45) is 4.76. The summed E-state index contributed by atoms with van der Waals surface area (Å²) >= 11 is 5.26. The minimum atomic E-state index is -0.665. The first-order valence-electron chi connectivity index (χ1n) is 8.04. The Hall–Kier alpha value is -0.720. The van der Waals surface area contributed by atoms with Crippen molar-refractivity contribution in [1.29, 1.82) is 0 Å². The molecule has 1 amide bonds. The highest BCUT2D eigenvalue weighted by molar-refractivity contribution is 7.80. The molecular weight excluding hydrogens is 286 g/mol. The fourth-order valence-corrected chi connectivity index (χ4v) is 4.27. The van der Waals surface area contributed by atoms with Gasteiger partial charge < -0.3 is 15.4 Å². The van der Waals surface area contributed by atoms with Crippen LogP contribution in [0, 0.1) is 5.41 Å². The van der Waals surface area contributed by atoms with Gasteiger partial charge in [-0.1, -0.05) is 12.2 Å². The molecule has 3 saturated heterocycles. The molecule has 0 aromatic heterocycles. The van der Waals surface area contributed by atoms with Gasteiger partial charge >= 0.3 is 0 Å². The molecule has 3 fully saturated rings. The largest absolute Gasteiger partial charge is 0.392 e. The van der Waals surface area contributed by atoms with Crippen molar-refractivity contribution in [3.8, 4) is 0 Å². The van der Waals surface area contributed by atoms with Crippen LogP contribution in [0.25, 0.3) is 0 Å². The van der Waals surface area contributed by atoms with Crippen LogP contribution in [0.2, 0.25) is 0 Å². The summed E-state index contributed by atoms with van der Waals surface area (Å²) in [5, 5.41) is 0. The van der Waals surface area contributed by atoms with E-state index in [4.69, 9.17) is 22.7 Å². The van der Waals surface area contributed by atoms with Crippen LogP contribution in [0.1, 0.15) is 32.1 Å². The van der Waals surface area contributed by atoms with Gasteiger partial charge in [0.25, 0.3) is 0 Å². The third kappa shape index (κ3) is 2.81. The number of ether oxygens (including phenoxy) is 1. The van der Waals surface area contributed by atoms with Crippen molar-refractivity contribution < 1.29 is 9.53 Å². The molecule has 3 rings (SSSR count). The van der Waals surface area contributed by atoms with Crippen molar-refractivity contribution >= 4 is 23.1 Å². The van der Waals surface area contributed by atoms with E-state index in [2.05, 4.69) is 4.90 Å². The first kappa shape index (κ1) is 15.2. The average Bonchev–Trinajstić information content (AvgIpc) is 2.84. The van der Waals surface area contributed by atoms with Gasteiger partial charge in [0.1, 0.15) is 5.41 Å². The molecule has 0 bridgehead atoms. The molecule has 118 valence electrons. The summed E-state index contributed by atoms with van der Waals surface area (Å²) in [4.78, 5) is 18.1. The Morgan fingerprint density at radius 2 is 1.90 bits per heavy atom. The molecule has 6 heteroatoms. The summed E-state index contributed by atoms with van der Waals surface area (Å²) in [7, 11) is 0. The van der Waals surface area contributed by atoms with E-state index < -0.39 is 5.41 Å². The Morgan fingerprint density at radius 3 is 2.62 bits per heavy atom. The molecule has 2 N–H and O–H groups in total. The molecule has 3 heterocycles. The molecule has 1 atom stereocenters. The first-order valence-corrected chi connectivity index (χ1v) is 8.45. The van der Waals surface area contributed by atoms with Crippen molar-refractivity contribution in [2.45, 2.75) is 38.1 Å². The topological polar surface area (TPSA) is 58.8 Å². The van der Waals surface area contributed by atoms with Crippen LogP contribution in [-0.4, -0.2) is 66.1 Å². The minimum absolute atomic E-state index is 0.145. The SMILES string of the molecule is NC(=S)C1(C(=O)N2CCCN3CCCC3C2)CCOCC1. The van der Waals surface area contributed by atoms with Crippen molar-refractivity contribution in [3.63, 3.8) is 0 Å². The smallest absolute Gasteiger partial charge is 0.235 e. The Labute approximate surface area is 131 Å². The van der Waals surface area contributed by atoms with Gasteiger partial charge in [-0.2, -0.15) is 0 Å². The lowest BCUT2D eigenvalue weighted by Crippen LogP contribution is -2.54.